The Bertz CT molecular complexity index is 221. The molecule has 0 amide bonds. The summed E-state index contributed by atoms with van der Waals surface area (Å²) in [7, 11) is 1.85. The Balaban J connectivity index is 1.88. The quantitative estimate of drug-likeness (QED) is 0.794. The number of nitrogens with zero attached hydrogens (tertiary/aromatic N) is 1. The van der Waals surface area contributed by atoms with Crippen LogP contribution < -0.4 is 5.32 Å². The van der Waals surface area contributed by atoms with Crippen LogP contribution in [0.25, 0.3) is 0 Å². The van der Waals surface area contributed by atoms with Gasteiger partial charge in [-0.05, 0) is 37.6 Å². The van der Waals surface area contributed by atoms with E-state index in [4.69, 9.17) is 4.74 Å². The Morgan fingerprint density at radius 1 is 1.47 bits per heavy atom. The van der Waals surface area contributed by atoms with Crippen LogP contribution in [0.15, 0.2) is 0 Å². The maximum Gasteiger partial charge on any atom is 0.0710 e. The third-order valence-electron chi connectivity index (χ3n) is 4.46. The van der Waals surface area contributed by atoms with E-state index in [0.717, 1.165) is 6.54 Å². The van der Waals surface area contributed by atoms with Gasteiger partial charge in [0, 0.05) is 33.3 Å². The van der Waals surface area contributed by atoms with Gasteiger partial charge in [0.1, 0.15) is 0 Å². The number of piperidine rings is 1. The molecule has 0 saturated carbocycles. The van der Waals surface area contributed by atoms with E-state index in [1.807, 2.05) is 7.11 Å². The Labute approximate surface area is 106 Å². The zero-order valence-electron chi connectivity index (χ0n) is 11.5. The molecule has 0 aromatic rings. The van der Waals surface area contributed by atoms with Crippen LogP contribution in [-0.2, 0) is 4.74 Å². The topological polar surface area (TPSA) is 24.5 Å². The van der Waals surface area contributed by atoms with Crippen molar-refractivity contribution in [1.29, 1.82) is 0 Å². The van der Waals surface area contributed by atoms with Crippen molar-refractivity contribution in [2.45, 2.75) is 45.1 Å². The maximum atomic E-state index is 5.47. The monoisotopic (exact) mass is 240 g/mol. The van der Waals surface area contributed by atoms with Gasteiger partial charge in [-0.3, -0.25) is 0 Å². The van der Waals surface area contributed by atoms with Crippen LogP contribution in [0, 0.1) is 5.41 Å². The first kappa shape index (κ1) is 13.3. The van der Waals surface area contributed by atoms with E-state index in [1.165, 1.54) is 58.3 Å². The molecule has 100 valence electrons. The molecule has 0 aromatic carbocycles. The van der Waals surface area contributed by atoms with Gasteiger partial charge in [0.25, 0.3) is 0 Å². The van der Waals surface area contributed by atoms with Crippen molar-refractivity contribution >= 4 is 0 Å². The predicted octanol–water partition coefficient (Wildman–Crippen LogP) is 1.88. The van der Waals surface area contributed by atoms with Crippen molar-refractivity contribution in [3.8, 4) is 0 Å². The smallest absolute Gasteiger partial charge is 0.0710 e. The summed E-state index contributed by atoms with van der Waals surface area (Å²) in [6.45, 7) is 8.39. The zero-order valence-corrected chi connectivity index (χ0v) is 11.5. The molecule has 0 radical (unpaired) electrons. The Hall–Kier alpha value is -0.120. The molecular weight excluding hydrogens is 212 g/mol. The van der Waals surface area contributed by atoms with Crippen molar-refractivity contribution in [2.75, 3.05) is 39.8 Å². The summed E-state index contributed by atoms with van der Waals surface area (Å²) in [5.74, 6) is 0. The molecule has 2 fully saturated rings. The van der Waals surface area contributed by atoms with Crippen LogP contribution in [0.1, 0.15) is 39.0 Å². The summed E-state index contributed by atoms with van der Waals surface area (Å²) in [5.41, 5.74) is 0.537. The van der Waals surface area contributed by atoms with Crippen LogP contribution in [0.2, 0.25) is 0 Å². The summed E-state index contributed by atoms with van der Waals surface area (Å²) < 4.78 is 5.47. The molecule has 0 aliphatic carbocycles. The number of nitrogens with one attached hydrogen (secondary N) is 1. The normalized spacial score (nSPS) is 35.3. The highest BCUT2D eigenvalue weighted by molar-refractivity contribution is 4.90. The van der Waals surface area contributed by atoms with Crippen molar-refractivity contribution < 1.29 is 4.74 Å². The molecule has 2 aliphatic heterocycles. The molecule has 2 unspecified atom stereocenters. The number of hydrogen-bond donors (Lipinski definition) is 1. The highest BCUT2D eigenvalue weighted by Crippen LogP contribution is 2.33. The van der Waals surface area contributed by atoms with Gasteiger partial charge in [-0.15, -0.1) is 0 Å². The second kappa shape index (κ2) is 6.17. The summed E-state index contributed by atoms with van der Waals surface area (Å²) in [6.07, 6.45) is 7.12. The molecule has 0 spiro atoms. The number of likely N-dealkylation sites (tertiary alicyclic amines) is 1. The van der Waals surface area contributed by atoms with Crippen molar-refractivity contribution in [1.82, 2.24) is 10.2 Å². The highest BCUT2D eigenvalue weighted by atomic mass is 16.5. The molecule has 1 N–H and O–H groups in total. The first-order valence-corrected chi connectivity index (χ1v) is 7.24. The van der Waals surface area contributed by atoms with Crippen LogP contribution >= 0.6 is 0 Å². The number of methoxy groups -OCH3 is 1. The first-order valence-electron chi connectivity index (χ1n) is 7.24. The van der Waals surface area contributed by atoms with Gasteiger partial charge in [0.2, 0.25) is 0 Å². The van der Waals surface area contributed by atoms with E-state index in [9.17, 15) is 0 Å². The largest absolute Gasteiger partial charge is 0.380 e. The molecule has 2 heterocycles. The minimum atomic E-state index is 0.477. The van der Waals surface area contributed by atoms with Crippen LogP contribution in [0.3, 0.4) is 0 Å². The summed E-state index contributed by atoms with van der Waals surface area (Å²) in [5, 5.41) is 3.60. The fraction of sp³-hybridized carbons (Fsp3) is 1.00. The van der Waals surface area contributed by atoms with Crippen molar-refractivity contribution in [2.24, 2.45) is 5.41 Å². The van der Waals surface area contributed by atoms with E-state index in [0.29, 0.717) is 11.5 Å². The Morgan fingerprint density at radius 3 is 2.94 bits per heavy atom. The zero-order chi connectivity index (χ0) is 12.1. The van der Waals surface area contributed by atoms with Gasteiger partial charge in [-0.25, -0.2) is 0 Å². The fourth-order valence-electron chi connectivity index (χ4n) is 3.60. The molecule has 2 saturated heterocycles. The van der Waals surface area contributed by atoms with E-state index in [2.05, 4.69) is 17.1 Å². The highest BCUT2D eigenvalue weighted by Gasteiger charge is 2.35. The van der Waals surface area contributed by atoms with Gasteiger partial charge < -0.3 is 15.0 Å². The SMILES string of the molecule is CCCC1(CN2CCC(OC)C2)CCCNC1. The van der Waals surface area contributed by atoms with Gasteiger partial charge in [0.05, 0.1) is 6.10 Å². The summed E-state index contributed by atoms with van der Waals surface area (Å²) in [6, 6.07) is 0. The lowest BCUT2D eigenvalue weighted by atomic mass is 9.76. The fourth-order valence-corrected chi connectivity index (χ4v) is 3.60. The van der Waals surface area contributed by atoms with Crippen molar-refractivity contribution in [3.05, 3.63) is 0 Å². The average Bonchev–Trinajstić information content (AvgIpc) is 2.78. The Kier molecular flexibility index (Phi) is 4.83. The minimum absolute atomic E-state index is 0.477. The average molecular weight is 240 g/mol. The predicted molar refractivity (Wildman–Crippen MR) is 71.3 cm³/mol. The molecule has 0 bridgehead atoms. The van der Waals surface area contributed by atoms with Gasteiger partial charge in [-0.1, -0.05) is 13.3 Å². The Morgan fingerprint density at radius 2 is 2.35 bits per heavy atom. The summed E-state index contributed by atoms with van der Waals surface area (Å²) in [4.78, 5) is 2.62. The van der Waals surface area contributed by atoms with E-state index >= 15 is 0 Å². The van der Waals surface area contributed by atoms with Gasteiger partial charge in [-0.2, -0.15) is 0 Å². The molecule has 3 heteroatoms. The molecule has 3 nitrogen and oxygen atoms in total. The third-order valence-corrected chi connectivity index (χ3v) is 4.46. The number of ether oxygens (including phenoxy) is 1. The van der Waals surface area contributed by atoms with Crippen LogP contribution in [-0.4, -0.2) is 50.8 Å². The molecule has 2 rings (SSSR count). The van der Waals surface area contributed by atoms with Crippen LogP contribution in [0.5, 0.6) is 0 Å². The molecule has 0 aromatic heterocycles. The number of hydrogen-bond acceptors (Lipinski definition) is 3. The molecule has 17 heavy (non-hydrogen) atoms. The standard InChI is InChI=1S/C14H28N2O/c1-3-6-14(7-4-8-15-11-14)12-16-9-5-13(10-16)17-2/h13,15H,3-12H2,1-2H3. The van der Waals surface area contributed by atoms with E-state index < -0.39 is 0 Å². The molecular formula is C14H28N2O. The molecule has 2 atom stereocenters. The second-order valence-electron chi connectivity index (χ2n) is 5.91. The lowest BCUT2D eigenvalue weighted by Crippen LogP contribution is -2.47. The lowest BCUT2D eigenvalue weighted by molar-refractivity contribution is 0.0852. The van der Waals surface area contributed by atoms with E-state index in [1.54, 1.807) is 0 Å². The minimum Gasteiger partial charge on any atom is -0.380 e. The van der Waals surface area contributed by atoms with Gasteiger partial charge in [0.15, 0.2) is 0 Å². The van der Waals surface area contributed by atoms with Gasteiger partial charge >= 0.3 is 0 Å². The first-order chi connectivity index (χ1) is 8.28. The second-order valence-corrected chi connectivity index (χ2v) is 5.91. The van der Waals surface area contributed by atoms with Crippen molar-refractivity contribution in [3.63, 3.8) is 0 Å². The van der Waals surface area contributed by atoms with E-state index in [-0.39, 0.29) is 0 Å². The summed E-state index contributed by atoms with van der Waals surface area (Å²) >= 11 is 0. The van der Waals surface area contributed by atoms with Crippen LogP contribution in [0.4, 0.5) is 0 Å². The maximum absolute atomic E-state index is 5.47. The lowest BCUT2D eigenvalue weighted by Gasteiger charge is -2.40. The molecule has 2 aliphatic rings. The third kappa shape index (κ3) is 3.43. The number of rotatable bonds is 5.